The number of piperidine rings is 2. The fraction of sp³-hybridized carbons (Fsp3) is 0.875. The van der Waals surface area contributed by atoms with Gasteiger partial charge in [-0.15, -0.1) is 0 Å². The summed E-state index contributed by atoms with van der Waals surface area (Å²) in [5.74, 6) is 0.415. The van der Waals surface area contributed by atoms with Gasteiger partial charge in [0.15, 0.2) is 5.78 Å². The van der Waals surface area contributed by atoms with Crippen LogP contribution in [-0.4, -0.2) is 53.7 Å². The molecule has 2 saturated heterocycles. The summed E-state index contributed by atoms with van der Waals surface area (Å²) < 4.78 is 0. The molecule has 2 aliphatic heterocycles. The van der Waals surface area contributed by atoms with Crippen molar-refractivity contribution in [1.82, 2.24) is 9.80 Å². The van der Waals surface area contributed by atoms with Gasteiger partial charge in [-0.1, -0.05) is 13.3 Å². The quantitative estimate of drug-likeness (QED) is 0.775. The first kappa shape index (κ1) is 15.5. The monoisotopic (exact) mass is 280 g/mol. The van der Waals surface area contributed by atoms with Gasteiger partial charge in [-0.2, -0.15) is 0 Å². The molecule has 0 aromatic rings. The van der Waals surface area contributed by atoms with Gasteiger partial charge in [-0.05, 0) is 45.2 Å². The van der Waals surface area contributed by atoms with Crippen LogP contribution in [0.2, 0.25) is 0 Å². The number of likely N-dealkylation sites (tertiary alicyclic amines) is 2. The van der Waals surface area contributed by atoms with Gasteiger partial charge in [0.25, 0.3) is 0 Å². The molecule has 0 aromatic carbocycles. The van der Waals surface area contributed by atoms with Crippen molar-refractivity contribution in [3.8, 4) is 0 Å². The average molecular weight is 280 g/mol. The molecular weight excluding hydrogens is 252 g/mol. The van der Waals surface area contributed by atoms with Gasteiger partial charge >= 0.3 is 0 Å². The maximum Gasteiger partial charge on any atom is 0.222 e. The van der Waals surface area contributed by atoms with E-state index in [-0.39, 0.29) is 17.7 Å². The molecule has 0 radical (unpaired) electrons. The Morgan fingerprint density at radius 1 is 1.00 bits per heavy atom. The van der Waals surface area contributed by atoms with Crippen molar-refractivity contribution in [2.24, 2.45) is 0 Å². The van der Waals surface area contributed by atoms with E-state index in [1.54, 1.807) is 0 Å². The Bertz CT molecular complexity index is 337. The summed E-state index contributed by atoms with van der Waals surface area (Å²) in [5.41, 5.74) is 0. The summed E-state index contributed by atoms with van der Waals surface area (Å²) in [4.78, 5) is 28.6. The van der Waals surface area contributed by atoms with E-state index >= 15 is 0 Å². The van der Waals surface area contributed by atoms with Crippen molar-refractivity contribution in [2.75, 3.05) is 26.2 Å². The van der Waals surface area contributed by atoms with Crippen molar-refractivity contribution >= 4 is 11.7 Å². The van der Waals surface area contributed by atoms with Crippen molar-refractivity contribution in [3.05, 3.63) is 0 Å². The zero-order valence-electron chi connectivity index (χ0n) is 12.8. The van der Waals surface area contributed by atoms with Crippen LogP contribution in [0.1, 0.15) is 58.3 Å². The molecule has 4 heteroatoms. The second kappa shape index (κ2) is 7.77. The van der Waals surface area contributed by atoms with E-state index in [2.05, 4.69) is 4.90 Å². The molecule has 1 amide bonds. The van der Waals surface area contributed by atoms with Gasteiger partial charge in [0.1, 0.15) is 0 Å². The predicted molar refractivity (Wildman–Crippen MR) is 79.6 cm³/mol. The molecule has 20 heavy (non-hydrogen) atoms. The topological polar surface area (TPSA) is 40.6 Å². The Kier molecular flexibility index (Phi) is 6.02. The van der Waals surface area contributed by atoms with E-state index in [9.17, 15) is 9.59 Å². The van der Waals surface area contributed by atoms with Gasteiger partial charge in [-0.3, -0.25) is 9.59 Å². The van der Waals surface area contributed by atoms with Gasteiger partial charge < -0.3 is 9.80 Å². The Balaban J connectivity index is 1.83. The molecule has 114 valence electrons. The summed E-state index contributed by atoms with van der Waals surface area (Å²) in [6.07, 6.45) is 7.95. The third kappa shape index (κ3) is 4.05. The number of nitrogens with zero attached hydrogens (tertiary/aromatic N) is 2. The van der Waals surface area contributed by atoms with Gasteiger partial charge in [0.05, 0.1) is 6.04 Å². The molecular formula is C16H28N2O2. The van der Waals surface area contributed by atoms with Crippen LogP contribution >= 0.6 is 0 Å². The standard InChI is InChI=1S/C16H28N2O2/c1-2-16(20)18-12-7-4-8-14(18)15(19)9-13-17-10-5-3-6-11-17/h14H,2-13H2,1H3. The molecule has 2 fully saturated rings. The molecule has 0 aliphatic carbocycles. The molecule has 0 bridgehead atoms. The van der Waals surface area contributed by atoms with Crippen LogP contribution in [-0.2, 0) is 9.59 Å². The Morgan fingerprint density at radius 3 is 2.40 bits per heavy atom. The van der Waals surface area contributed by atoms with Gasteiger partial charge in [0, 0.05) is 25.9 Å². The second-order valence-corrected chi connectivity index (χ2v) is 6.07. The van der Waals surface area contributed by atoms with Gasteiger partial charge in [0.2, 0.25) is 5.91 Å². The molecule has 1 atom stereocenters. The summed E-state index contributed by atoms with van der Waals surface area (Å²) in [6.45, 7) is 5.80. The number of carbonyl (C=O) groups is 2. The highest BCUT2D eigenvalue weighted by molar-refractivity contribution is 5.89. The first-order chi connectivity index (χ1) is 9.72. The number of hydrogen-bond donors (Lipinski definition) is 0. The summed E-state index contributed by atoms with van der Waals surface area (Å²) in [6, 6.07) is -0.138. The lowest BCUT2D eigenvalue weighted by molar-refractivity contribution is -0.141. The largest absolute Gasteiger partial charge is 0.333 e. The van der Waals surface area contributed by atoms with Crippen molar-refractivity contribution in [2.45, 2.75) is 64.3 Å². The summed E-state index contributed by atoms with van der Waals surface area (Å²) >= 11 is 0. The lowest BCUT2D eigenvalue weighted by Gasteiger charge is -2.35. The smallest absolute Gasteiger partial charge is 0.222 e. The minimum absolute atomic E-state index is 0.138. The lowest BCUT2D eigenvalue weighted by atomic mass is 9.96. The average Bonchev–Trinajstić information content (AvgIpc) is 2.52. The summed E-state index contributed by atoms with van der Waals surface area (Å²) in [7, 11) is 0. The van der Waals surface area contributed by atoms with E-state index in [1.807, 2.05) is 11.8 Å². The molecule has 0 aromatic heterocycles. The summed E-state index contributed by atoms with van der Waals surface area (Å²) in [5, 5.41) is 0. The maximum absolute atomic E-state index is 12.5. The highest BCUT2D eigenvalue weighted by Gasteiger charge is 2.30. The van der Waals surface area contributed by atoms with Crippen molar-refractivity contribution in [1.29, 1.82) is 0 Å². The van der Waals surface area contributed by atoms with Crippen LogP contribution < -0.4 is 0 Å². The van der Waals surface area contributed by atoms with E-state index in [4.69, 9.17) is 0 Å². The number of ketones is 1. The Labute approximate surface area is 122 Å². The predicted octanol–water partition coefficient (Wildman–Crippen LogP) is 2.22. The SMILES string of the molecule is CCC(=O)N1CCCCC1C(=O)CCN1CCCCC1. The fourth-order valence-electron chi connectivity index (χ4n) is 3.39. The highest BCUT2D eigenvalue weighted by atomic mass is 16.2. The molecule has 0 N–H and O–H groups in total. The fourth-order valence-corrected chi connectivity index (χ4v) is 3.39. The van der Waals surface area contributed by atoms with E-state index in [0.29, 0.717) is 12.8 Å². The van der Waals surface area contributed by atoms with Crippen LogP contribution in [0.4, 0.5) is 0 Å². The molecule has 2 aliphatic rings. The third-order valence-electron chi connectivity index (χ3n) is 4.62. The first-order valence-corrected chi connectivity index (χ1v) is 8.27. The van der Waals surface area contributed by atoms with Gasteiger partial charge in [-0.25, -0.2) is 0 Å². The number of hydrogen-bond acceptors (Lipinski definition) is 3. The van der Waals surface area contributed by atoms with E-state index in [0.717, 1.165) is 45.4 Å². The number of Topliss-reactive ketones (excluding diaryl/α,β-unsaturated/α-hetero) is 1. The van der Waals surface area contributed by atoms with Crippen LogP contribution in [0, 0.1) is 0 Å². The number of amides is 1. The van der Waals surface area contributed by atoms with Crippen LogP contribution in [0.5, 0.6) is 0 Å². The number of rotatable bonds is 5. The molecule has 1 unspecified atom stereocenters. The third-order valence-corrected chi connectivity index (χ3v) is 4.62. The van der Waals surface area contributed by atoms with E-state index in [1.165, 1.54) is 19.3 Å². The molecule has 2 heterocycles. The maximum atomic E-state index is 12.5. The first-order valence-electron chi connectivity index (χ1n) is 8.27. The zero-order valence-corrected chi connectivity index (χ0v) is 12.8. The zero-order chi connectivity index (χ0) is 14.4. The van der Waals surface area contributed by atoms with Crippen molar-refractivity contribution in [3.63, 3.8) is 0 Å². The van der Waals surface area contributed by atoms with Crippen LogP contribution in [0.15, 0.2) is 0 Å². The molecule has 0 saturated carbocycles. The molecule has 0 spiro atoms. The Hall–Kier alpha value is -0.900. The second-order valence-electron chi connectivity index (χ2n) is 6.07. The number of carbonyl (C=O) groups excluding carboxylic acids is 2. The minimum Gasteiger partial charge on any atom is -0.333 e. The van der Waals surface area contributed by atoms with Crippen LogP contribution in [0.3, 0.4) is 0 Å². The highest BCUT2D eigenvalue weighted by Crippen LogP contribution is 2.20. The Morgan fingerprint density at radius 2 is 1.70 bits per heavy atom. The van der Waals surface area contributed by atoms with Crippen LogP contribution in [0.25, 0.3) is 0 Å². The molecule has 2 rings (SSSR count). The van der Waals surface area contributed by atoms with E-state index < -0.39 is 0 Å². The molecule has 4 nitrogen and oxygen atoms in total. The lowest BCUT2D eigenvalue weighted by Crippen LogP contribution is -2.48. The van der Waals surface area contributed by atoms with Crippen molar-refractivity contribution < 1.29 is 9.59 Å². The normalized spacial score (nSPS) is 24.6. The minimum atomic E-state index is -0.138.